The van der Waals surface area contributed by atoms with Crippen LogP contribution in [0.1, 0.15) is 0 Å². The maximum Gasteiger partial charge on any atom is 0.0773 e. The van der Waals surface area contributed by atoms with E-state index in [-0.39, 0.29) is 0 Å². The molecular weight excluding hydrogens is 224 g/mol. The van der Waals surface area contributed by atoms with Crippen LogP contribution in [-0.2, 0) is 7.05 Å². The van der Waals surface area contributed by atoms with E-state index in [0.29, 0.717) is 0 Å². The van der Waals surface area contributed by atoms with Gasteiger partial charge in [0.15, 0.2) is 0 Å². The SMILES string of the molecule is Cn1ncc(-c2cccnc2)c1-c1cccnc1. The normalized spacial score (nSPS) is 10.5. The maximum atomic E-state index is 4.33. The Kier molecular flexibility index (Phi) is 2.61. The smallest absolute Gasteiger partial charge is 0.0773 e. The van der Waals surface area contributed by atoms with Crippen LogP contribution in [0.2, 0.25) is 0 Å². The van der Waals surface area contributed by atoms with Gasteiger partial charge in [0.1, 0.15) is 0 Å². The van der Waals surface area contributed by atoms with Crippen molar-refractivity contribution < 1.29 is 0 Å². The summed E-state index contributed by atoms with van der Waals surface area (Å²) in [7, 11) is 1.93. The predicted molar refractivity (Wildman–Crippen MR) is 69.7 cm³/mol. The third kappa shape index (κ3) is 1.78. The van der Waals surface area contributed by atoms with Crippen molar-refractivity contribution in [1.82, 2.24) is 19.7 Å². The molecule has 4 heteroatoms. The zero-order chi connectivity index (χ0) is 12.4. The molecule has 0 amide bonds. The fraction of sp³-hybridized carbons (Fsp3) is 0.0714. The van der Waals surface area contributed by atoms with E-state index in [0.717, 1.165) is 22.4 Å². The number of aromatic nitrogens is 4. The van der Waals surface area contributed by atoms with Gasteiger partial charge in [-0.25, -0.2) is 0 Å². The Hall–Kier alpha value is -2.49. The van der Waals surface area contributed by atoms with Crippen LogP contribution in [0.15, 0.2) is 55.2 Å². The van der Waals surface area contributed by atoms with Gasteiger partial charge in [-0.1, -0.05) is 6.07 Å². The van der Waals surface area contributed by atoms with E-state index in [1.807, 2.05) is 54.6 Å². The number of hydrogen-bond donors (Lipinski definition) is 0. The van der Waals surface area contributed by atoms with Gasteiger partial charge in [0.25, 0.3) is 0 Å². The molecule has 0 aliphatic carbocycles. The Bertz CT molecular complexity index is 644. The highest BCUT2D eigenvalue weighted by Crippen LogP contribution is 2.30. The second kappa shape index (κ2) is 4.41. The van der Waals surface area contributed by atoms with Crippen LogP contribution in [0.25, 0.3) is 22.4 Å². The average Bonchev–Trinajstić information content (AvgIpc) is 2.83. The van der Waals surface area contributed by atoms with Gasteiger partial charge >= 0.3 is 0 Å². The van der Waals surface area contributed by atoms with Gasteiger partial charge < -0.3 is 0 Å². The lowest BCUT2D eigenvalue weighted by atomic mass is 10.0. The summed E-state index contributed by atoms with van der Waals surface area (Å²) < 4.78 is 1.86. The lowest BCUT2D eigenvalue weighted by Gasteiger charge is -2.05. The van der Waals surface area contributed by atoms with Gasteiger partial charge in [0.05, 0.1) is 11.9 Å². The van der Waals surface area contributed by atoms with Gasteiger partial charge in [-0.15, -0.1) is 0 Å². The molecule has 3 rings (SSSR count). The fourth-order valence-corrected chi connectivity index (χ4v) is 2.02. The highest BCUT2D eigenvalue weighted by atomic mass is 15.3. The molecule has 0 spiro atoms. The van der Waals surface area contributed by atoms with Crippen molar-refractivity contribution in [3.63, 3.8) is 0 Å². The first-order valence-corrected chi connectivity index (χ1v) is 5.69. The summed E-state index contributed by atoms with van der Waals surface area (Å²) in [5.41, 5.74) is 4.23. The third-order valence-corrected chi connectivity index (χ3v) is 2.85. The Morgan fingerprint density at radius 3 is 2.17 bits per heavy atom. The summed E-state index contributed by atoms with van der Waals surface area (Å²) in [5.74, 6) is 0. The van der Waals surface area contributed by atoms with E-state index in [4.69, 9.17) is 0 Å². The summed E-state index contributed by atoms with van der Waals surface area (Å²) >= 11 is 0. The number of hydrogen-bond acceptors (Lipinski definition) is 3. The molecule has 0 saturated heterocycles. The van der Waals surface area contributed by atoms with Gasteiger partial charge in [0.2, 0.25) is 0 Å². The topological polar surface area (TPSA) is 43.6 Å². The Labute approximate surface area is 105 Å². The second-order valence-corrected chi connectivity index (χ2v) is 4.01. The van der Waals surface area contributed by atoms with Crippen molar-refractivity contribution in [2.75, 3.05) is 0 Å². The molecular formula is C14H12N4. The lowest BCUT2D eigenvalue weighted by molar-refractivity contribution is 0.775. The van der Waals surface area contributed by atoms with Crippen molar-refractivity contribution in [2.24, 2.45) is 7.05 Å². The first kappa shape index (κ1) is 10.7. The summed E-state index contributed by atoms with van der Waals surface area (Å²) in [6.07, 6.45) is 9.08. The van der Waals surface area contributed by atoms with Crippen LogP contribution < -0.4 is 0 Å². The molecule has 88 valence electrons. The largest absolute Gasteiger partial charge is 0.267 e. The minimum Gasteiger partial charge on any atom is -0.267 e. The van der Waals surface area contributed by atoms with Crippen LogP contribution in [0.5, 0.6) is 0 Å². The summed E-state index contributed by atoms with van der Waals surface area (Å²) in [5, 5.41) is 4.33. The summed E-state index contributed by atoms with van der Waals surface area (Å²) in [6.45, 7) is 0. The molecule has 3 aromatic heterocycles. The van der Waals surface area contributed by atoms with Crippen molar-refractivity contribution in [1.29, 1.82) is 0 Å². The zero-order valence-electron chi connectivity index (χ0n) is 9.99. The minimum atomic E-state index is 1.05. The molecule has 3 heterocycles. The molecule has 0 saturated carbocycles. The van der Waals surface area contributed by atoms with Gasteiger partial charge in [-0.05, 0) is 18.2 Å². The molecule has 3 aromatic rings. The second-order valence-electron chi connectivity index (χ2n) is 4.01. The van der Waals surface area contributed by atoms with Crippen LogP contribution in [0, 0.1) is 0 Å². The van der Waals surface area contributed by atoms with Gasteiger partial charge in [0, 0.05) is 48.5 Å². The molecule has 0 N–H and O–H groups in total. The van der Waals surface area contributed by atoms with Crippen molar-refractivity contribution >= 4 is 0 Å². The molecule has 4 nitrogen and oxygen atoms in total. The van der Waals surface area contributed by atoms with Crippen LogP contribution in [0.4, 0.5) is 0 Å². The molecule has 0 aromatic carbocycles. The van der Waals surface area contributed by atoms with E-state index in [2.05, 4.69) is 15.1 Å². The van der Waals surface area contributed by atoms with Crippen LogP contribution in [-0.4, -0.2) is 19.7 Å². The predicted octanol–water partition coefficient (Wildman–Crippen LogP) is 2.54. The van der Waals surface area contributed by atoms with E-state index >= 15 is 0 Å². The van der Waals surface area contributed by atoms with Gasteiger partial charge in [-0.2, -0.15) is 5.10 Å². The first-order chi connectivity index (χ1) is 8.86. The number of aryl methyl sites for hydroxylation is 1. The van der Waals surface area contributed by atoms with Gasteiger partial charge in [-0.3, -0.25) is 14.6 Å². The molecule has 0 radical (unpaired) electrons. The Balaban J connectivity index is 2.19. The molecule has 0 bridgehead atoms. The van der Waals surface area contributed by atoms with Crippen LogP contribution in [0.3, 0.4) is 0 Å². The fourth-order valence-electron chi connectivity index (χ4n) is 2.02. The highest BCUT2D eigenvalue weighted by Gasteiger charge is 2.12. The van der Waals surface area contributed by atoms with E-state index in [1.54, 1.807) is 12.4 Å². The first-order valence-electron chi connectivity index (χ1n) is 5.69. The Morgan fingerprint density at radius 1 is 0.889 bits per heavy atom. The highest BCUT2D eigenvalue weighted by molar-refractivity contribution is 5.79. The quantitative estimate of drug-likeness (QED) is 0.686. The standard InChI is InChI=1S/C14H12N4/c1-18-14(12-5-3-7-16-9-12)13(10-17-18)11-4-2-6-15-8-11/h2-10H,1H3. The number of pyridine rings is 2. The molecule has 0 unspecified atom stereocenters. The molecule has 0 aliphatic rings. The molecule has 0 fully saturated rings. The molecule has 0 aliphatic heterocycles. The summed E-state index contributed by atoms with van der Waals surface area (Å²) in [4.78, 5) is 8.31. The molecule has 18 heavy (non-hydrogen) atoms. The monoisotopic (exact) mass is 236 g/mol. The van der Waals surface area contributed by atoms with Crippen molar-refractivity contribution in [3.05, 3.63) is 55.2 Å². The number of nitrogens with zero attached hydrogens (tertiary/aromatic N) is 4. The minimum absolute atomic E-state index is 1.05. The maximum absolute atomic E-state index is 4.33. The third-order valence-electron chi connectivity index (χ3n) is 2.85. The summed E-state index contributed by atoms with van der Waals surface area (Å²) in [6, 6.07) is 7.92. The average molecular weight is 236 g/mol. The van der Waals surface area contributed by atoms with E-state index < -0.39 is 0 Å². The number of rotatable bonds is 2. The van der Waals surface area contributed by atoms with Crippen molar-refractivity contribution in [3.8, 4) is 22.4 Å². The van der Waals surface area contributed by atoms with Crippen LogP contribution >= 0.6 is 0 Å². The zero-order valence-corrected chi connectivity index (χ0v) is 9.99. The Morgan fingerprint density at radius 2 is 1.56 bits per heavy atom. The molecule has 0 atom stereocenters. The van der Waals surface area contributed by atoms with E-state index in [9.17, 15) is 0 Å². The lowest BCUT2D eigenvalue weighted by Crippen LogP contribution is -1.94. The van der Waals surface area contributed by atoms with Crippen molar-refractivity contribution in [2.45, 2.75) is 0 Å². The van der Waals surface area contributed by atoms with E-state index in [1.165, 1.54) is 0 Å².